The van der Waals surface area contributed by atoms with E-state index >= 15 is 0 Å². The van der Waals surface area contributed by atoms with E-state index in [1.165, 1.54) is 22.5 Å². The summed E-state index contributed by atoms with van der Waals surface area (Å²) in [7, 11) is -3.89. The summed E-state index contributed by atoms with van der Waals surface area (Å²) in [5.74, 6) is -0.585. The number of fused-ring (bicyclic) bond motifs is 1. The number of benzene rings is 1. The molecule has 2 aromatic rings. The molecule has 1 fully saturated rings. The normalized spacial score (nSPS) is 21.0. The molecule has 6 nitrogen and oxygen atoms in total. The number of anilines is 1. The molecule has 2 aliphatic rings. The standard InChI is InChI=1S/C17H18ClFN4O2S/c18-16-5-4-14-17(21-16)15(22-8-6-20-7-9-22)11-23(14)26(24,25)13-3-1-2-12(19)10-13/h1-5,10,15,20H,6-9,11H2. The number of hydrogen-bond acceptors (Lipinski definition) is 5. The second-order valence-corrected chi connectivity index (χ2v) is 8.58. The third-order valence-electron chi connectivity index (χ3n) is 4.77. The van der Waals surface area contributed by atoms with Gasteiger partial charge in [-0.3, -0.25) is 9.21 Å². The van der Waals surface area contributed by atoms with E-state index in [9.17, 15) is 12.8 Å². The molecule has 0 bridgehead atoms. The van der Waals surface area contributed by atoms with E-state index in [1.54, 1.807) is 12.1 Å². The maximum atomic E-state index is 13.6. The second kappa shape index (κ2) is 6.77. The van der Waals surface area contributed by atoms with Crippen LogP contribution in [0.5, 0.6) is 0 Å². The number of halogens is 2. The Kier molecular flexibility index (Phi) is 4.60. The highest BCUT2D eigenvalue weighted by Crippen LogP contribution is 2.40. The van der Waals surface area contributed by atoms with Crippen molar-refractivity contribution < 1.29 is 12.8 Å². The number of aromatic nitrogens is 1. The number of hydrogen-bond donors (Lipinski definition) is 1. The minimum Gasteiger partial charge on any atom is -0.314 e. The zero-order valence-corrected chi connectivity index (χ0v) is 15.5. The molecule has 0 amide bonds. The first-order valence-electron chi connectivity index (χ1n) is 8.36. The van der Waals surface area contributed by atoms with Crippen molar-refractivity contribution in [2.24, 2.45) is 0 Å². The first kappa shape index (κ1) is 17.7. The van der Waals surface area contributed by atoms with Crippen LogP contribution >= 0.6 is 11.6 Å². The predicted molar refractivity (Wildman–Crippen MR) is 97.4 cm³/mol. The number of nitrogens with zero attached hydrogens (tertiary/aromatic N) is 3. The van der Waals surface area contributed by atoms with Crippen molar-refractivity contribution in [1.29, 1.82) is 0 Å². The van der Waals surface area contributed by atoms with Crippen molar-refractivity contribution in [2.45, 2.75) is 10.9 Å². The van der Waals surface area contributed by atoms with E-state index < -0.39 is 15.8 Å². The van der Waals surface area contributed by atoms with Gasteiger partial charge in [0.1, 0.15) is 11.0 Å². The molecule has 1 aromatic carbocycles. The molecule has 4 rings (SSSR count). The Morgan fingerprint density at radius 2 is 1.96 bits per heavy atom. The van der Waals surface area contributed by atoms with Crippen molar-refractivity contribution >= 4 is 27.3 Å². The summed E-state index contributed by atoms with van der Waals surface area (Å²) in [4.78, 5) is 6.55. The van der Waals surface area contributed by atoms with Crippen molar-refractivity contribution in [3.8, 4) is 0 Å². The summed E-state index contributed by atoms with van der Waals surface area (Å²) in [5.41, 5.74) is 1.15. The van der Waals surface area contributed by atoms with Crippen LogP contribution in [0.1, 0.15) is 11.7 Å². The molecule has 138 valence electrons. The van der Waals surface area contributed by atoms with Crippen LogP contribution in [-0.2, 0) is 10.0 Å². The van der Waals surface area contributed by atoms with Crippen LogP contribution in [0.25, 0.3) is 0 Å². The van der Waals surface area contributed by atoms with Gasteiger partial charge in [0.05, 0.1) is 28.9 Å². The lowest BCUT2D eigenvalue weighted by Crippen LogP contribution is -2.46. The zero-order chi connectivity index (χ0) is 18.3. The van der Waals surface area contributed by atoms with Gasteiger partial charge < -0.3 is 5.32 Å². The Bertz CT molecular complexity index is 934. The molecule has 2 aliphatic heterocycles. The molecule has 9 heteroatoms. The van der Waals surface area contributed by atoms with Gasteiger partial charge in [-0.25, -0.2) is 17.8 Å². The highest BCUT2D eigenvalue weighted by Gasteiger charge is 2.40. The van der Waals surface area contributed by atoms with Gasteiger partial charge in [0.2, 0.25) is 0 Å². The smallest absolute Gasteiger partial charge is 0.264 e. The average molecular weight is 397 g/mol. The third-order valence-corrected chi connectivity index (χ3v) is 6.75. The summed E-state index contributed by atoms with van der Waals surface area (Å²) >= 11 is 6.07. The molecule has 1 aromatic heterocycles. The predicted octanol–water partition coefficient (Wildman–Crippen LogP) is 2.03. The molecule has 0 spiro atoms. The summed E-state index contributed by atoms with van der Waals surface area (Å²) < 4.78 is 41.1. The molecule has 1 atom stereocenters. The molecular formula is C17H18ClFN4O2S. The highest BCUT2D eigenvalue weighted by atomic mass is 35.5. The highest BCUT2D eigenvalue weighted by molar-refractivity contribution is 7.92. The monoisotopic (exact) mass is 396 g/mol. The molecule has 1 saturated heterocycles. The topological polar surface area (TPSA) is 65.5 Å². The van der Waals surface area contributed by atoms with E-state index in [0.717, 1.165) is 32.2 Å². The maximum Gasteiger partial charge on any atom is 0.264 e. The number of piperazine rings is 1. The summed E-state index contributed by atoms with van der Waals surface area (Å²) in [5, 5.41) is 3.61. The Morgan fingerprint density at radius 3 is 2.69 bits per heavy atom. The zero-order valence-electron chi connectivity index (χ0n) is 13.9. The fraction of sp³-hybridized carbons (Fsp3) is 0.353. The number of sulfonamides is 1. The van der Waals surface area contributed by atoms with Crippen LogP contribution in [0.15, 0.2) is 41.3 Å². The number of nitrogens with one attached hydrogen (secondary N) is 1. The van der Waals surface area contributed by atoms with Crippen LogP contribution in [0, 0.1) is 5.82 Å². The van der Waals surface area contributed by atoms with Crippen LogP contribution in [0.2, 0.25) is 5.15 Å². The lowest BCUT2D eigenvalue weighted by molar-refractivity contribution is 0.181. The molecule has 0 aliphatic carbocycles. The number of pyridine rings is 1. The van der Waals surface area contributed by atoms with E-state index in [4.69, 9.17) is 11.6 Å². The Hall–Kier alpha value is -1.74. The quantitative estimate of drug-likeness (QED) is 0.804. The van der Waals surface area contributed by atoms with Crippen molar-refractivity contribution in [3.63, 3.8) is 0 Å². The van der Waals surface area contributed by atoms with E-state index in [2.05, 4.69) is 15.2 Å². The van der Waals surface area contributed by atoms with Crippen LogP contribution in [0.4, 0.5) is 10.1 Å². The van der Waals surface area contributed by atoms with Gasteiger partial charge in [-0.15, -0.1) is 0 Å². The minimum absolute atomic E-state index is 0.0700. The lowest BCUT2D eigenvalue weighted by Gasteiger charge is -2.32. The number of rotatable bonds is 3. The van der Waals surface area contributed by atoms with E-state index in [0.29, 0.717) is 16.5 Å². The largest absolute Gasteiger partial charge is 0.314 e. The molecule has 1 unspecified atom stereocenters. The van der Waals surface area contributed by atoms with Crippen LogP contribution < -0.4 is 9.62 Å². The maximum absolute atomic E-state index is 13.6. The Morgan fingerprint density at radius 1 is 1.19 bits per heavy atom. The SMILES string of the molecule is O=S(=O)(c1cccc(F)c1)N1CC(N2CCNCC2)c2nc(Cl)ccc21. The van der Waals surface area contributed by atoms with Crippen molar-refractivity contribution in [1.82, 2.24) is 15.2 Å². The molecule has 3 heterocycles. The fourth-order valence-corrected chi connectivity index (χ4v) is 5.18. The van der Waals surface area contributed by atoms with Crippen molar-refractivity contribution in [3.05, 3.63) is 53.1 Å². The van der Waals surface area contributed by atoms with Gasteiger partial charge in [-0.1, -0.05) is 17.7 Å². The van der Waals surface area contributed by atoms with Gasteiger partial charge >= 0.3 is 0 Å². The minimum atomic E-state index is -3.89. The van der Waals surface area contributed by atoms with E-state index in [1.807, 2.05) is 0 Å². The van der Waals surface area contributed by atoms with Crippen molar-refractivity contribution in [2.75, 3.05) is 37.0 Å². The van der Waals surface area contributed by atoms with Gasteiger partial charge in [-0.05, 0) is 30.3 Å². The van der Waals surface area contributed by atoms with Crippen LogP contribution in [-0.4, -0.2) is 51.0 Å². The molecule has 1 N–H and O–H groups in total. The Balaban J connectivity index is 1.76. The van der Waals surface area contributed by atoms with E-state index in [-0.39, 0.29) is 17.5 Å². The summed E-state index contributed by atoms with van der Waals surface area (Å²) in [6.07, 6.45) is 0. The summed E-state index contributed by atoms with van der Waals surface area (Å²) in [6.45, 7) is 3.51. The summed E-state index contributed by atoms with van der Waals surface area (Å²) in [6, 6.07) is 8.14. The fourth-order valence-electron chi connectivity index (χ4n) is 3.51. The van der Waals surface area contributed by atoms with Gasteiger partial charge in [0, 0.05) is 26.2 Å². The van der Waals surface area contributed by atoms with Gasteiger partial charge in [-0.2, -0.15) is 0 Å². The molecular weight excluding hydrogens is 379 g/mol. The third kappa shape index (κ3) is 3.07. The molecule has 26 heavy (non-hydrogen) atoms. The Labute approximate surface area is 156 Å². The second-order valence-electron chi connectivity index (χ2n) is 6.33. The van der Waals surface area contributed by atoms with Crippen LogP contribution in [0.3, 0.4) is 0 Å². The first-order valence-corrected chi connectivity index (χ1v) is 10.2. The van der Waals surface area contributed by atoms with Gasteiger partial charge in [0.25, 0.3) is 10.0 Å². The van der Waals surface area contributed by atoms with Gasteiger partial charge in [0.15, 0.2) is 0 Å². The average Bonchev–Trinajstić information content (AvgIpc) is 3.02. The lowest BCUT2D eigenvalue weighted by atomic mass is 10.1. The first-order chi connectivity index (χ1) is 12.5. The molecule has 0 radical (unpaired) electrons. The molecule has 0 saturated carbocycles.